The van der Waals surface area contributed by atoms with Crippen LogP contribution in [-0.2, 0) is 38.0 Å². The molecule has 6 rings (SSSR count). The Morgan fingerprint density at radius 2 is 1.62 bits per heavy atom. The van der Waals surface area contributed by atoms with Crippen molar-refractivity contribution in [2.24, 2.45) is 10.8 Å². The van der Waals surface area contributed by atoms with Crippen LogP contribution >= 0.6 is 0 Å². The van der Waals surface area contributed by atoms with Crippen molar-refractivity contribution in [3.63, 3.8) is 0 Å². The topological polar surface area (TPSA) is 122 Å². The number of Topliss-reactive ketones (excluding diaryl/α,β-unsaturated/α-hetero) is 1. The van der Waals surface area contributed by atoms with E-state index in [1.807, 2.05) is 0 Å². The van der Waals surface area contributed by atoms with Crippen LogP contribution in [0.5, 0.6) is 0 Å². The van der Waals surface area contributed by atoms with Gasteiger partial charge in [0, 0.05) is 26.1 Å². The number of ether oxygens (including phenoxy) is 7. The Balaban J connectivity index is 1.80. The Kier molecular flexibility index (Phi) is 3.62. The van der Waals surface area contributed by atoms with Crippen molar-refractivity contribution in [2.45, 2.75) is 74.9 Å². The lowest BCUT2D eigenvalue weighted by Gasteiger charge is -2.53. The summed E-state index contributed by atoms with van der Waals surface area (Å²) in [7, 11) is 2.88. The second-order valence-corrected chi connectivity index (χ2v) is 9.62. The van der Waals surface area contributed by atoms with Crippen molar-refractivity contribution < 1.29 is 48.2 Å². The molecular formula is C19H28O10. The molecule has 164 valence electrons. The maximum Gasteiger partial charge on any atom is 0.230 e. The summed E-state index contributed by atoms with van der Waals surface area (Å²) in [5.41, 5.74) is -6.08. The minimum atomic E-state index is -2.17. The van der Waals surface area contributed by atoms with Crippen LogP contribution in [0.1, 0.15) is 34.1 Å². The van der Waals surface area contributed by atoms with Crippen LogP contribution in [0, 0.1) is 10.8 Å². The van der Waals surface area contributed by atoms with Gasteiger partial charge in [-0.1, -0.05) is 6.92 Å². The van der Waals surface area contributed by atoms with Crippen LogP contribution in [0.25, 0.3) is 0 Å². The quantitative estimate of drug-likeness (QED) is 0.555. The maximum absolute atomic E-state index is 14.0. The molecule has 0 amide bonds. The van der Waals surface area contributed by atoms with Gasteiger partial charge in [-0.25, -0.2) is 0 Å². The summed E-state index contributed by atoms with van der Waals surface area (Å²) >= 11 is 0. The highest BCUT2D eigenvalue weighted by molar-refractivity contribution is 6.01. The van der Waals surface area contributed by atoms with Gasteiger partial charge in [0.05, 0.1) is 5.41 Å². The predicted octanol–water partition coefficient (Wildman–Crippen LogP) is -0.355. The molecule has 10 nitrogen and oxygen atoms in total. The van der Waals surface area contributed by atoms with Gasteiger partial charge < -0.3 is 43.4 Å². The zero-order valence-corrected chi connectivity index (χ0v) is 17.4. The van der Waals surface area contributed by atoms with Crippen molar-refractivity contribution in [1.82, 2.24) is 0 Å². The van der Waals surface area contributed by atoms with E-state index in [1.54, 1.807) is 27.7 Å². The second-order valence-electron chi connectivity index (χ2n) is 9.62. The van der Waals surface area contributed by atoms with E-state index < -0.39 is 57.4 Å². The van der Waals surface area contributed by atoms with Gasteiger partial charge in [-0.15, -0.1) is 0 Å². The minimum Gasteiger partial charge on any atom is -0.365 e. The van der Waals surface area contributed by atoms with Crippen molar-refractivity contribution in [2.75, 3.05) is 27.8 Å². The number of aliphatic hydroxyl groups is 2. The van der Waals surface area contributed by atoms with Crippen LogP contribution in [-0.4, -0.2) is 84.6 Å². The first-order valence-corrected chi connectivity index (χ1v) is 9.68. The fourth-order valence-corrected chi connectivity index (χ4v) is 7.24. The molecule has 0 aromatic heterocycles. The molecule has 6 aliphatic rings. The number of hydrogen-bond donors (Lipinski definition) is 2. The maximum atomic E-state index is 14.0. The summed E-state index contributed by atoms with van der Waals surface area (Å²) in [5, 5.41) is 23.6. The third kappa shape index (κ3) is 1.61. The molecule has 3 heterocycles. The Hall–Kier alpha value is -0.690. The monoisotopic (exact) mass is 416 g/mol. The second kappa shape index (κ2) is 5.20. The van der Waals surface area contributed by atoms with E-state index in [9.17, 15) is 15.0 Å². The highest BCUT2D eigenvalue weighted by atomic mass is 16.8. The van der Waals surface area contributed by atoms with Crippen LogP contribution in [0.2, 0.25) is 0 Å². The summed E-state index contributed by atoms with van der Waals surface area (Å²) < 4.78 is 40.3. The number of methoxy groups -OCH3 is 2. The van der Waals surface area contributed by atoms with Gasteiger partial charge in [-0.05, 0) is 20.8 Å². The molecule has 3 saturated heterocycles. The van der Waals surface area contributed by atoms with Crippen molar-refractivity contribution >= 4 is 5.78 Å². The molecule has 0 radical (unpaired) electrons. The van der Waals surface area contributed by atoms with Crippen molar-refractivity contribution in [3.05, 3.63) is 0 Å². The number of rotatable bonds is 6. The largest absolute Gasteiger partial charge is 0.365 e. The summed E-state index contributed by atoms with van der Waals surface area (Å²) in [5.74, 6) is -5.73. The molecule has 3 saturated carbocycles. The van der Waals surface area contributed by atoms with E-state index in [-0.39, 0.29) is 20.0 Å². The first kappa shape index (κ1) is 20.2. The first-order chi connectivity index (χ1) is 13.4. The van der Waals surface area contributed by atoms with E-state index in [4.69, 9.17) is 33.2 Å². The number of carbonyl (C=O) groups is 1. The minimum absolute atomic E-state index is 0.0209. The van der Waals surface area contributed by atoms with Gasteiger partial charge in [0.15, 0.2) is 28.6 Å². The van der Waals surface area contributed by atoms with E-state index >= 15 is 0 Å². The average Bonchev–Trinajstić information content (AvgIpc) is 3.04. The summed E-state index contributed by atoms with van der Waals surface area (Å²) in [4.78, 5) is 14.0. The Labute approximate surface area is 168 Å². The molecule has 1 spiro atoms. The molecule has 0 aromatic rings. The van der Waals surface area contributed by atoms with Gasteiger partial charge in [0.2, 0.25) is 5.79 Å². The first-order valence-electron chi connectivity index (χ1n) is 9.68. The Bertz CT molecular complexity index is 787. The zero-order valence-electron chi connectivity index (χ0n) is 17.4. The molecule has 0 aromatic carbocycles. The fraction of sp³-hybridized carbons (Fsp3) is 0.947. The van der Waals surface area contributed by atoms with Gasteiger partial charge in [0.1, 0.15) is 25.8 Å². The van der Waals surface area contributed by atoms with Crippen LogP contribution < -0.4 is 0 Å². The third-order valence-electron chi connectivity index (χ3n) is 7.83. The molecular weight excluding hydrogens is 388 g/mol. The van der Waals surface area contributed by atoms with Crippen LogP contribution in [0.15, 0.2) is 0 Å². The zero-order chi connectivity index (χ0) is 21.3. The lowest BCUT2D eigenvalue weighted by atomic mass is 9.56. The average molecular weight is 416 g/mol. The molecule has 6 fully saturated rings. The molecule has 2 N–H and O–H groups in total. The molecule has 3 aliphatic heterocycles. The summed E-state index contributed by atoms with van der Waals surface area (Å²) in [6, 6.07) is 0. The number of hydrogen-bond acceptors (Lipinski definition) is 10. The van der Waals surface area contributed by atoms with Gasteiger partial charge in [-0.3, -0.25) is 4.79 Å². The lowest BCUT2D eigenvalue weighted by molar-refractivity contribution is -0.396. The molecule has 29 heavy (non-hydrogen) atoms. The Morgan fingerprint density at radius 3 is 2.24 bits per heavy atom. The van der Waals surface area contributed by atoms with E-state index in [2.05, 4.69) is 0 Å². The fourth-order valence-electron chi connectivity index (χ4n) is 7.24. The molecule has 10 heteroatoms. The normalized spacial score (nSPS) is 58.4. The number of ketones is 1. The number of carbonyl (C=O) groups excluding carboxylic acids is 1. The lowest BCUT2D eigenvalue weighted by Crippen LogP contribution is -2.70. The molecule has 3 aliphatic carbocycles. The van der Waals surface area contributed by atoms with Crippen LogP contribution in [0.4, 0.5) is 0 Å². The van der Waals surface area contributed by atoms with E-state index in [0.29, 0.717) is 0 Å². The standard InChI is InChI=1S/C19H28O10/c1-13(2)27-17-10(20)11(25-8-23-5)15(4)16(21)7-14(17,3)12(26-9-24-6)18(22,29-16)19(15,17)28-13/h11-12,21-22H,7-9H2,1-6H3. The Morgan fingerprint density at radius 1 is 1.00 bits per heavy atom. The van der Waals surface area contributed by atoms with Gasteiger partial charge in [-0.2, -0.15) is 0 Å². The predicted molar refractivity (Wildman–Crippen MR) is 92.0 cm³/mol. The smallest absolute Gasteiger partial charge is 0.230 e. The van der Waals surface area contributed by atoms with Crippen LogP contribution in [0.3, 0.4) is 0 Å². The van der Waals surface area contributed by atoms with E-state index in [1.165, 1.54) is 14.2 Å². The van der Waals surface area contributed by atoms with E-state index in [0.717, 1.165) is 0 Å². The highest BCUT2D eigenvalue weighted by Gasteiger charge is 3.08. The third-order valence-corrected chi connectivity index (χ3v) is 7.83. The van der Waals surface area contributed by atoms with Gasteiger partial charge in [0.25, 0.3) is 0 Å². The molecule has 6 bridgehead atoms. The molecule has 8 unspecified atom stereocenters. The van der Waals surface area contributed by atoms with Crippen molar-refractivity contribution in [1.29, 1.82) is 0 Å². The highest BCUT2D eigenvalue weighted by Crippen LogP contribution is 2.87. The van der Waals surface area contributed by atoms with Gasteiger partial charge >= 0.3 is 0 Å². The molecule has 8 atom stereocenters. The SMILES string of the molecule is COCOC1C2(C)CC3(O)OC1(O)C14OC(C)(C)OC21C(=O)C(OCOC)C34C. The van der Waals surface area contributed by atoms with Crippen molar-refractivity contribution in [3.8, 4) is 0 Å². The summed E-state index contributed by atoms with van der Waals surface area (Å²) in [6.45, 7) is 6.38. The summed E-state index contributed by atoms with van der Waals surface area (Å²) in [6.07, 6.45) is -2.24.